The molecule has 16 heavy (non-hydrogen) atoms. The zero-order valence-electron chi connectivity index (χ0n) is 8.35. The van der Waals surface area contributed by atoms with Crippen LogP contribution in [0.15, 0.2) is 46.5 Å². The van der Waals surface area contributed by atoms with Crippen LogP contribution in [-0.2, 0) is 4.79 Å². The minimum absolute atomic E-state index is 0.0762. The number of benzene rings is 1. The summed E-state index contributed by atoms with van der Waals surface area (Å²) in [7, 11) is 0. The van der Waals surface area contributed by atoms with Gasteiger partial charge in [0.2, 0.25) is 0 Å². The molecule has 80 valence electrons. The minimum atomic E-state index is -0.833. The number of carboxylic acid groups (broad SMARTS) is 1. The Hall–Kier alpha value is -1.35. The summed E-state index contributed by atoms with van der Waals surface area (Å²) in [5, 5.41) is 9.23. The van der Waals surface area contributed by atoms with Crippen LogP contribution in [0.25, 0.3) is 0 Å². The summed E-state index contributed by atoms with van der Waals surface area (Å²) in [6.45, 7) is 0. The average molecular weight is 277 g/mol. The van der Waals surface area contributed by atoms with Gasteiger partial charge in [-0.05, 0) is 11.1 Å². The van der Waals surface area contributed by atoms with Crippen LogP contribution in [-0.4, -0.2) is 11.1 Å². The normalized spacial score (nSPS) is 25.8. The number of hydrogen-bond acceptors (Lipinski definition) is 1. The van der Waals surface area contributed by atoms with E-state index in [4.69, 9.17) is 0 Å². The highest BCUT2D eigenvalue weighted by atomic mass is 79.9. The zero-order valence-corrected chi connectivity index (χ0v) is 9.94. The van der Waals surface area contributed by atoms with E-state index in [2.05, 4.69) is 28.1 Å². The Morgan fingerprint density at radius 2 is 1.69 bits per heavy atom. The molecule has 2 bridgehead atoms. The van der Waals surface area contributed by atoms with Crippen LogP contribution in [0.4, 0.5) is 0 Å². The molecule has 1 aromatic rings. The lowest BCUT2D eigenvalue weighted by atomic mass is 9.72. The lowest BCUT2D eigenvalue weighted by Crippen LogP contribution is -2.23. The molecule has 0 fully saturated rings. The van der Waals surface area contributed by atoms with Crippen LogP contribution >= 0.6 is 15.9 Å². The Bertz CT molecular complexity index is 543. The first kappa shape index (κ1) is 9.85. The smallest absolute Gasteiger partial charge is 0.333 e. The molecule has 0 saturated heterocycles. The lowest BCUT2D eigenvalue weighted by molar-refractivity contribution is -0.132. The molecule has 0 radical (unpaired) electrons. The maximum atomic E-state index is 11.2. The average Bonchev–Trinajstić information content (AvgIpc) is 2.29. The van der Waals surface area contributed by atoms with Crippen LogP contribution in [0.1, 0.15) is 23.0 Å². The van der Waals surface area contributed by atoms with Crippen molar-refractivity contribution in [2.24, 2.45) is 0 Å². The number of halogens is 1. The predicted octanol–water partition coefficient (Wildman–Crippen LogP) is 3.17. The summed E-state index contributed by atoms with van der Waals surface area (Å²) < 4.78 is 0.797. The number of rotatable bonds is 1. The Kier molecular flexibility index (Phi) is 2.04. The molecule has 1 aromatic carbocycles. The lowest BCUT2D eigenvalue weighted by Gasteiger charge is -2.34. The number of carboxylic acids is 1. The predicted molar refractivity (Wildman–Crippen MR) is 64.7 cm³/mol. The van der Waals surface area contributed by atoms with Gasteiger partial charge in [-0.15, -0.1) is 0 Å². The van der Waals surface area contributed by atoms with E-state index in [1.165, 1.54) is 5.56 Å². The summed E-state index contributed by atoms with van der Waals surface area (Å²) in [5.74, 6) is -0.860. The van der Waals surface area contributed by atoms with Crippen molar-refractivity contribution in [3.8, 4) is 0 Å². The second-order valence-corrected chi connectivity index (χ2v) is 4.89. The van der Waals surface area contributed by atoms with Gasteiger partial charge < -0.3 is 5.11 Å². The Balaban J connectivity index is 2.25. The van der Waals surface area contributed by atoms with Gasteiger partial charge >= 0.3 is 5.97 Å². The van der Waals surface area contributed by atoms with E-state index in [9.17, 15) is 9.90 Å². The van der Waals surface area contributed by atoms with E-state index < -0.39 is 5.97 Å². The molecule has 2 nitrogen and oxygen atoms in total. The first-order valence-corrected chi connectivity index (χ1v) is 5.89. The fraction of sp³-hybridized carbons (Fsp3) is 0.154. The van der Waals surface area contributed by atoms with Crippen molar-refractivity contribution in [1.82, 2.24) is 0 Å². The van der Waals surface area contributed by atoms with Crippen molar-refractivity contribution in [3.05, 3.63) is 57.6 Å². The van der Waals surface area contributed by atoms with E-state index in [1.54, 1.807) is 0 Å². The van der Waals surface area contributed by atoms with Crippen LogP contribution < -0.4 is 0 Å². The molecule has 2 atom stereocenters. The summed E-state index contributed by atoms with van der Waals surface area (Å²) in [6, 6.07) is 8.03. The number of hydrogen-bond donors (Lipinski definition) is 1. The quantitative estimate of drug-likeness (QED) is 0.800. The summed E-state index contributed by atoms with van der Waals surface area (Å²) >= 11 is 3.43. The van der Waals surface area contributed by atoms with Gasteiger partial charge in [-0.2, -0.15) is 0 Å². The third-order valence-electron chi connectivity index (χ3n) is 3.23. The van der Waals surface area contributed by atoms with Crippen molar-refractivity contribution in [1.29, 1.82) is 0 Å². The van der Waals surface area contributed by atoms with Gasteiger partial charge in [-0.3, -0.25) is 0 Å². The molecule has 3 heteroatoms. The second-order valence-electron chi connectivity index (χ2n) is 4.04. The van der Waals surface area contributed by atoms with Gasteiger partial charge in [0.15, 0.2) is 0 Å². The van der Waals surface area contributed by atoms with Crippen molar-refractivity contribution in [3.63, 3.8) is 0 Å². The standard InChI is InChI=1S/C13H9BrO2/c14-12-10-6-5-9(11(12)13(15)16)7-3-1-2-4-8(7)10/h1-6,9-10H,(H,15,16). The maximum absolute atomic E-state index is 11.2. The fourth-order valence-corrected chi connectivity index (χ4v) is 3.35. The van der Waals surface area contributed by atoms with Crippen LogP contribution in [0.5, 0.6) is 0 Å². The summed E-state index contributed by atoms with van der Waals surface area (Å²) in [4.78, 5) is 11.2. The van der Waals surface area contributed by atoms with E-state index in [0.29, 0.717) is 5.57 Å². The van der Waals surface area contributed by atoms with Gasteiger partial charge in [-0.1, -0.05) is 52.3 Å². The molecule has 0 aliphatic heterocycles. The molecule has 2 unspecified atom stereocenters. The first-order chi connectivity index (χ1) is 7.70. The molecule has 0 spiro atoms. The minimum Gasteiger partial charge on any atom is -0.478 e. The third-order valence-corrected chi connectivity index (χ3v) is 4.15. The molecular formula is C13H9BrO2. The topological polar surface area (TPSA) is 37.3 Å². The highest BCUT2D eigenvalue weighted by Crippen LogP contribution is 2.50. The van der Waals surface area contributed by atoms with Gasteiger partial charge in [0.1, 0.15) is 0 Å². The van der Waals surface area contributed by atoms with E-state index in [1.807, 2.05) is 24.3 Å². The first-order valence-electron chi connectivity index (χ1n) is 5.10. The Morgan fingerprint density at radius 3 is 2.31 bits per heavy atom. The molecule has 0 aromatic heterocycles. The third kappa shape index (κ3) is 1.15. The van der Waals surface area contributed by atoms with Crippen molar-refractivity contribution < 1.29 is 9.90 Å². The highest BCUT2D eigenvalue weighted by molar-refractivity contribution is 9.11. The van der Waals surface area contributed by atoms with Gasteiger partial charge in [0.05, 0.1) is 5.57 Å². The van der Waals surface area contributed by atoms with Gasteiger partial charge in [0, 0.05) is 16.3 Å². The molecule has 1 N–H and O–H groups in total. The number of aliphatic carboxylic acids is 1. The molecule has 0 saturated carbocycles. The molecule has 4 rings (SSSR count). The zero-order chi connectivity index (χ0) is 11.3. The van der Waals surface area contributed by atoms with E-state index in [0.717, 1.165) is 10.0 Å². The second kappa shape index (κ2) is 3.32. The molecule has 0 amide bonds. The Morgan fingerprint density at radius 1 is 1.12 bits per heavy atom. The van der Waals surface area contributed by atoms with Gasteiger partial charge in [0.25, 0.3) is 0 Å². The van der Waals surface area contributed by atoms with Gasteiger partial charge in [-0.25, -0.2) is 4.79 Å². The van der Waals surface area contributed by atoms with E-state index >= 15 is 0 Å². The van der Waals surface area contributed by atoms with Crippen LogP contribution in [0.2, 0.25) is 0 Å². The molecule has 0 heterocycles. The number of allylic oxidation sites excluding steroid dienone is 3. The number of carbonyl (C=O) groups is 1. The largest absolute Gasteiger partial charge is 0.478 e. The summed E-state index contributed by atoms with van der Waals surface area (Å²) in [6.07, 6.45) is 4.06. The Labute approximate surface area is 101 Å². The van der Waals surface area contributed by atoms with Crippen molar-refractivity contribution in [2.45, 2.75) is 11.8 Å². The molecule has 3 aliphatic rings. The molecule has 3 aliphatic carbocycles. The maximum Gasteiger partial charge on any atom is 0.333 e. The van der Waals surface area contributed by atoms with Crippen molar-refractivity contribution >= 4 is 21.9 Å². The SMILES string of the molecule is O=C(O)C1=C(Br)C2C=CC1c1ccccc12. The van der Waals surface area contributed by atoms with Crippen LogP contribution in [0, 0.1) is 0 Å². The van der Waals surface area contributed by atoms with E-state index in [-0.39, 0.29) is 11.8 Å². The highest BCUT2D eigenvalue weighted by Gasteiger charge is 2.37. The van der Waals surface area contributed by atoms with Crippen molar-refractivity contribution in [2.75, 3.05) is 0 Å². The monoisotopic (exact) mass is 276 g/mol. The molecular weight excluding hydrogens is 268 g/mol. The van der Waals surface area contributed by atoms with Crippen LogP contribution in [0.3, 0.4) is 0 Å². The fourth-order valence-electron chi connectivity index (χ4n) is 2.53. The summed E-state index contributed by atoms with van der Waals surface area (Å²) in [5.41, 5.74) is 2.81.